The molecule has 0 bridgehead atoms. The van der Waals surface area contributed by atoms with Crippen LogP contribution in [0.3, 0.4) is 0 Å². The zero-order chi connectivity index (χ0) is 21.3. The van der Waals surface area contributed by atoms with Crippen molar-refractivity contribution in [2.24, 2.45) is 5.73 Å². The molecule has 0 unspecified atom stereocenters. The van der Waals surface area contributed by atoms with Crippen molar-refractivity contribution in [3.63, 3.8) is 0 Å². The van der Waals surface area contributed by atoms with Crippen molar-refractivity contribution in [3.05, 3.63) is 83.4 Å². The number of nitrogens with two attached hydrogens (primary N) is 1. The third-order valence-corrected chi connectivity index (χ3v) is 4.97. The highest BCUT2D eigenvalue weighted by molar-refractivity contribution is 6.05. The van der Waals surface area contributed by atoms with Crippen molar-refractivity contribution < 1.29 is 19.4 Å². The van der Waals surface area contributed by atoms with E-state index in [0.29, 0.717) is 33.7 Å². The highest BCUT2D eigenvalue weighted by Gasteiger charge is 2.19. The molecule has 3 aromatic carbocycles. The van der Waals surface area contributed by atoms with E-state index in [4.69, 9.17) is 15.5 Å². The van der Waals surface area contributed by atoms with Gasteiger partial charge in [-0.3, -0.25) is 4.79 Å². The van der Waals surface area contributed by atoms with E-state index in [2.05, 4.69) is 0 Å². The monoisotopic (exact) mass is 401 g/mol. The van der Waals surface area contributed by atoms with Gasteiger partial charge in [-0.25, -0.2) is 9.78 Å². The number of aromatic carboxylic acids is 1. The van der Waals surface area contributed by atoms with Crippen molar-refractivity contribution in [3.8, 4) is 17.1 Å². The molecule has 1 amide bonds. The van der Waals surface area contributed by atoms with Gasteiger partial charge >= 0.3 is 5.97 Å². The maximum atomic E-state index is 11.9. The van der Waals surface area contributed by atoms with Crippen molar-refractivity contribution in [1.82, 2.24) is 9.55 Å². The first-order chi connectivity index (χ1) is 14.5. The molecule has 0 atom stereocenters. The summed E-state index contributed by atoms with van der Waals surface area (Å²) in [4.78, 5) is 28.3. The largest absolute Gasteiger partial charge is 0.497 e. The quantitative estimate of drug-likeness (QED) is 0.514. The Morgan fingerprint density at radius 1 is 1.00 bits per heavy atom. The number of carboxylic acids is 1. The molecule has 0 saturated carbocycles. The van der Waals surface area contributed by atoms with Gasteiger partial charge in [0.2, 0.25) is 0 Å². The van der Waals surface area contributed by atoms with Crippen LogP contribution in [0.1, 0.15) is 26.3 Å². The van der Waals surface area contributed by atoms with Crippen LogP contribution < -0.4 is 10.5 Å². The molecule has 0 spiro atoms. The van der Waals surface area contributed by atoms with E-state index in [9.17, 15) is 14.7 Å². The van der Waals surface area contributed by atoms with Crippen molar-refractivity contribution in [2.45, 2.75) is 6.54 Å². The Hall–Kier alpha value is -4.13. The van der Waals surface area contributed by atoms with E-state index in [-0.39, 0.29) is 12.1 Å². The van der Waals surface area contributed by atoms with Crippen LogP contribution >= 0.6 is 0 Å². The summed E-state index contributed by atoms with van der Waals surface area (Å²) in [5.74, 6) is -0.270. The summed E-state index contributed by atoms with van der Waals surface area (Å²) in [6, 6.07) is 19.4. The number of hydrogen-bond acceptors (Lipinski definition) is 4. The number of hydrogen-bond donors (Lipinski definition) is 2. The summed E-state index contributed by atoms with van der Waals surface area (Å²) in [7, 11) is 1.59. The first-order valence-corrected chi connectivity index (χ1v) is 9.24. The predicted octanol–water partition coefficient (Wildman–Crippen LogP) is 3.56. The minimum atomic E-state index is -1.00. The number of methoxy groups -OCH3 is 1. The second-order valence-electron chi connectivity index (χ2n) is 6.75. The van der Waals surface area contributed by atoms with Gasteiger partial charge in [-0.05, 0) is 48.0 Å². The highest BCUT2D eigenvalue weighted by atomic mass is 16.5. The van der Waals surface area contributed by atoms with Crippen LogP contribution in [0, 0.1) is 0 Å². The van der Waals surface area contributed by atoms with Gasteiger partial charge in [-0.2, -0.15) is 0 Å². The number of carboxylic acid groups (broad SMARTS) is 1. The molecule has 4 aromatic rings. The summed E-state index contributed by atoms with van der Waals surface area (Å²) in [5.41, 5.74) is 8.67. The third kappa shape index (κ3) is 3.37. The standard InChI is InChI=1S/C23H19N3O4/c1-30-16-11-9-14(10-12-16)22-25-20-18(21(24)27)7-4-8-19(20)26(22)13-15-5-2-3-6-17(15)23(28)29/h2-12H,13H2,1H3,(H2,24,27)(H,28,29). The molecular formula is C23H19N3O4. The maximum Gasteiger partial charge on any atom is 0.336 e. The number of para-hydroxylation sites is 1. The SMILES string of the molecule is COc1ccc(-c2nc3c(C(N)=O)cccc3n2Cc2ccccc2C(=O)O)cc1. The van der Waals surface area contributed by atoms with Crippen LogP contribution in [0.4, 0.5) is 0 Å². The average Bonchev–Trinajstić information content (AvgIpc) is 3.12. The fraction of sp³-hybridized carbons (Fsp3) is 0.0870. The minimum absolute atomic E-state index is 0.214. The Bertz CT molecular complexity index is 1260. The fourth-order valence-corrected chi connectivity index (χ4v) is 3.50. The van der Waals surface area contributed by atoms with E-state index in [0.717, 1.165) is 5.56 Å². The number of nitrogens with zero attached hydrogens (tertiary/aromatic N) is 2. The molecule has 1 aromatic heterocycles. The maximum absolute atomic E-state index is 11.9. The number of imidazole rings is 1. The smallest absolute Gasteiger partial charge is 0.336 e. The summed E-state index contributed by atoms with van der Waals surface area (Å²) >= 11 is 0. The number of aromatic nitrogens is 2. The summed E-state index contributed by atoms with van der Waals surface area (Å²) < 4.78 is 7.12. The molecule has 7 heteroatoms. The lowest BCUT2D eigenvalue weighted by molar-refractivity contribution is 0.0695. The second kappa shape index (κ2) is 7.71. The van der Waals surface area contributed by atoms with Crippen LogP contribution in [0.25, 0.3) is 22.4 Å². The van der Waals surface area contributed by atoms with E-state index in [1.54, 1.807) is 43.5 Å². The van der Waals surface area contributed by atoms with E-state index < -0.39 is 11.9 Å². The third-order valence-electron chi connectivity index (χ3n) is 4.97. The minimum Gasteiger partial charge on any atom is -0.497 e. The number of ether oxygens (including phenoxy) is 1. The van der Waals surface area contributed by atoms with Crippen LogP contribution in [-0.4, -0.2) is 33.6 Å². The lowest BCUT2D eigenvalue weighted by Gasteiger charge is -2.12. The number of carbonyl (C=O) groups excluding carboxylic acids is 1. The average molecular weight is 401 g/mol. The van der Waals surface area contributed by atoms with Crippen molar-refractivity contribution in [1.29, 1.82) is 0 Å². The summed E-state index contributed by atoms with van der Waals surface area (Å²) in [6.07, 6.45) is 0. The molecule has 0 aliphatic carbocycles. The van der Waals surface area contributed by atoms with E-state index >= 15 is 0 Å². The Labute approximate surface area is 172 Å². The number of primary amides is 1. The van der Waals surface area contributed by atoms with Crippen molar-refractivity contribution in [2.75, 3.05) is 7.11 Å². The van der Waals surface area contributed by atoms with Crippen LogP contribution in [0.5, 0.6) is 5.75 Å². The lowest BCUT2D eigenvalue weighted by atomic mass is 10.1. The number of rotatable bonds is 6. The number of amides is 1. The zero-order valence-electron chi connectivity index (χ0n) is 16.2. The second-order valence-corrected chi connectivity index (χ2v) is 6.75. The Kier molecular flexibility index (Phi) is 4.93. The van der Waals surface area contributed by atoms with Gasteiger partial charge in [-0.15, -0.1) is 0 Å². The zero-order valence-corrected chi connectivity index (χ0v) is 16.2. The molecule has 0 aliphatic rings. The number of carbonyl (C=O) groups is 2. The summed E-state index contributed by atoms with van der Waals surface area (Å²) in [6.45, 7) is 0.266. The van der Waals surface area contributed by atoms with E-state index in [1.165, 1.54) is 0 Å². The molecule has 4 rings (SSSR count). The van der Waals surface area contributed by atoms with Gasteiger partial charge in [0.15, 0.2) is 0 Å². The van der Waals surface area contributed by atoms with E-state index in [1.807, 2.05) is 34.9 Å². The molecule has 0 fully saturated rings. The molecule has 0 radical (unpaired) electrons. The Balaban J connectivity index is 1.95. The predicted molar refractivity (Wildman–Crippen MR) is 113 cm³/mol. The molecule has 30 heavy (non-hydrogen) atoms. The highest BCUT2D eigenvalue weighted by Crippen LogP contribution is 2.29. The van der Waals surface area contributed by atoms with Crippen LogP contribution in [0.2, 0.25) is 0 Å². The topological polar surface area (TPSA) is 107 Å². The molecule has 0 saturated heterocycles. The van der Waals surface area contributed by atoms with Gasteiger partial charge in [0.25, 0.3) is 5.91 Å². The lowest BCUT2D eigenvalue weighted by Crippen LogP contribution is -2.11. The first kappa shape index (κ1) is 19.2. The molecule has 3 N–H and O–H groups in total. The molecular weight excluding hydrogens is 382 g/mol. The van der Waals surface area contributed by atoms with Gasteiger partial charge in [-0.1, -0.05) is 24.3 Å². The fourth-order valence-electron chi connectivity index (χ4n) is 3.50. The molecule has 150 valence electrons. The molecule has 1 heterocycles. The molecule has 7 nitrogen and oxygen atoms in total. The number of benzene rings is 3. The van der Waals surface area contributed by atoms with Gasteiger partial charge in [0.1, 0.15) is 17.1 Å². The van der Waals surface area contributed by atoms with Crippen molar-refractivity contribution >= 4 is 22.9 Å². The Morgan fingerprint density at radius 3 is 2.37 bits per heavy atom. The molecule has 0 aliphatic heterocycles. The Morgan fingerprint density at radius 2 is 1.70 bits per heavy atom. The summed E-state index contributed by atoms with van der Waals surface area (Å²) in [5, 5.41) is 9.57. The van der Waals surface area contributed by atoms with Crippen LogP contribution in [0.15, 0.2) is 66.7 Å². The normalized spacial score (nSPS) is 10.8. The number of fused-ring (bicyclic) bond motifs is 1. The van der Waals surface area contributed by atoms with Crippen LogP contribution in [-0.2, 0) is 6.54 Å². The van der Waals surface area contributed by atoms with Gasteiger partial charge in [0, 0.05) is 5.56 Å². The van der Waals surface area contributed by atoms with Gasteiger partial charge in [0.05, 0.1) is 30.3 Å². The van der Waals surface area contributed by atoms with Gasteiger partial charge < -0.3 is 20.1 Å². The first-order valence-electron chi connectivity index (χ1n) is 9.24.